The molecule has 0 saturated heterocycles. The molecule has 0 radical (unpaired) electrons. The lowest BCUT2D eigenvalue weighted by atomic mass is 10.1. The third-order valence-corrected chi connectivity index (χ3v) is 3.06. The number of carbonyl (C=O) groups excluding carboxylic acids is 2. The quantitative estimate of drug-likeness (QED) is 0.664. The van der Waals surface area contributed by atoms with Crippen LogP contribution in [0, 0.1) is 0 Å². The van der Waals surface area contributed by atoms with Crippen LogP contribution < -0.4 is 5.32 Å². The first kappa shape index (κ1) is 16.9. The highest BCUT2D eigenvalue weighted by Crippen LogP contribution is 2.01. The van der Waals surface area contributed by atoms with Gasteiger partial charge in [0.05, 0.1) is 19.2 Å². The predicted octanol–water partition coefficient (Wildman–Crippen LogP) is 1.17. The van der Waals surface area contributed by atoms with Gasteiger partial charge in [0.2, 0.25) is 5.91 Å². The summed E-state index contributed by atoms with van der Waals surface area (Å²) < 4.78 is 4.85. The van der Waals surface area contributed by atoms with Crippen LogP contribution in [0.3, 0.4) is 0 Å². The van der Waals surface area contributed by atoms with E-state index in [0.717, 1.165) is 12.8 Å². The van der Waals surface area contributed by atoms with E-state index in [1.54, 1.807) is 25.8 Å². The van der Waals surface area contributed by atoms with Crippen molar-refractivity contribution >= 4 is 11.9 Å². The lowest BCUT2D eigenvalue weighted by Crippen LogP contribution is -2.48. The highest BCUT2D eigenvalue weighted by atomic mass is 16.5. The standard InChI is InChI=1S/C13H26N2O3/c1-6-11(7-2)14-13(17)10(4)15(5)9-12(16)18-8-3/h10-11H,6-9H2,1-5H3,(H,14,17). The Bertz CT molecular complexity index is 265. The molecule has 0 fully saturated rings. The van der Waals surface area contributed by atoms with Crippen molar-refractivity contribution in [2.75, 3.05) is 20.2 Å². The number of nitrogens with one attached hydrogen (secondary N) is 1. The second-order valence-electron chi connectivity index (χ2n) is 4.42. The number of amides is 1. The maximum absolute atomic E-state index is 11.9. The molecule has 0 aromatic heterocycles. The fraction of sp³-hybridized carbons (Fsp3) is 0.846. The Kier molecular flexibility index (Phi) is 8.37. The molecule has 0 aliphatic carbocycles. The molecule has 0 aromatic carbocycles. The number of ether oxygens (including phenoxy) is 1. The van der Waals surface area contributed by atoms with Gasteiger partial charge in [-0.2, -0.15) is 0 Å². The van der Waals surface area contributed by atoms with Crippen LogP contribution >= 0.6 is 0 Å². The van der Waals surface area contributed by atoms with Crippen molar-refractivity contribution in [1.82, 2.24) is 10.2 Å². The molecule has 1 atom stereocenters. The number of nitrogens with zero attached hydrogens (tertiary/aromatic N) is 1. The third kappa shape index (κ3) is 6.00. The zero-order valence-electron chi connectivity index (χ0n) is 12.2. The fourth-order valence-electron chi connectivity index (χ4n) is 1.56. The highest BCUT2D eigenvalue weighted by Gasteiger charge is 2.21. The lowest BCUT2D eigenvalue weighted by Gasteiger charge is -2.25. The topological polar surface area (TPSA) is 58.6 Å². The van der Waals surface area contributed by atoms with Crippen LogP contribution in [-0.2, 0) is 14.3 Å². The van der Waals surface area contributed by atoms with Crippen molar-refractivity contribution in [2.45, 2.75) is 52.6 Å². The summed E-state index contributed by atoms with van der Waals surface area (Å²) in [7, 11) is 1.74. The molecular weight excluding hydrogens is 232 g/mol. The van der Waals surface area contributed by atoms with Gasteiger partial charge in [0, 0.05) is 6.04 Å². The van der Waals surface area contributed by atoms with E-state index in [0.29, 0.717) is 6.61 Å². The first-order valence-corrected chi connectivity index (χ1v) is 6.62. The predicted molar refractivity (Wildman–Crippen MR) is 71.2 cm³/mol. The van der Waals surface area contributed by atoms with E-state index in [9.17, 15) is 9.59 Å². The molecule has 1 unspecified atom stereocenters. The minimum Gasteiger partial charge on any atom is -0.465 e. The van der Waals surface area contributed by atoms with Crippen molar-refractivity contribution in [3.8, 4) is 0 Å². The molecule has 106 valence electrons. The van der Waals surface area contributed by atoms with Crippen molar-refractivity contribution in [3.05, 3.63) is 0 Å². The van der Waals surface area contributed by atoms with Gasteiger partial charge >= 0.3 is 5.97 Å². The highest BCUT2D eigenvalue weighted by molar-refractivity contribution is 5.82. The van der Waals surface area contributed by atoms with Gasteiger partial charge in [0.25, 0.3) is 0 Å². The molecule has 18 heavy (non-hydrogen) atoms. The van der Waals surface area contributed by atoms with Crippen molar-refractivity contribution in [1.29, 1.82) is 0 Å². The molecule has 0 aliphatic heterocycles. The van der Waals surface area contributed by atoms with Crippen LogP contribution in [0.25, 0.3) is 0 Å². The summed E-state index contributed by atoms with van der Waals surface area (Å²) in [5, 5.41) is 2.97. The SMILES string of the molecule is CCOC(=O)CN(C)C(C)C(=O)NC(CC)CC. The summed E-state index contributed by atoms with van der Waals surface area (Å²) >= 11 is 0. The van der Waals surface area contributed by atoms with Crippen LogP contribution in [0.5, 0.6) is 0 Å². The molecule has 1 N–H and O–H groups in total. The normalized spacial score (nSPS) is 12.6. The van der Waals surface area contributed by atoms with E-state index in [1.165, 1.54) is 0 Å². The summed E-state index contributed by atoms with van der Waals surface area (Å²) in [6.07, 6.45) is 1.83. The number of carbonyl (C=O) groups is 2. The van der Waals surface area contributed by atoms with Crippen LogP contribution in [-0.4, -0.2) is 49.1 Å². The molecule has 1 amide bonds. The number of esters is 1. The fourth-order valence-corrected chi connectivity index (χ4v) is 1.56. The summed E-state index contributed by atoms with van der Waals surface area (Å²) in [5.41, 5.74) is 0. The van der Waals surface area contributed by atoms with Gasteiger partial charge in [-0.3, -0.25) is 14.5 Å². The largest absolute Gasteiger partial charge is 0.465 e. The average molecular weight is 258 g/mol. The minimum absolute atomic E-state index is 0.0458. The third-order valence-electron chi connectivity index (χ3n) is 3.06. The zero-order chi connectivity index (χ0) is 14.1. The molecule has 0 bridgehead atoms. The number of rotatable bonds is 8. The monoisotopic (exact) mass is 258 g/mol. The molecular formula is C13H26N2O3. The summed E-state index contributed by atoms with van der Waals surface area (Å²) in [4.78, 5) is 25.0. The molecule has 5 nitrogen and oxygen atoms in total. The summed E-state index contributed by atoms with van der Waals surface area (Å²) in [6, 6.07) is -0.133. The van der Waals surface area contributed by atoms with Crippen molar-refractivity contribution in [3.63, 3.8) is 0 Å². The Morgan fingerprint density at radius 1 is 1.22 bits per heavy atom. The van der Waals surface area contributed by atoms with Gasteiger partial charge in [0.1, 0.15) is 0 Å². The summed E-state index contributed by atoms with van der Waals surface area (Å²) in [5.74, 6) is -0.349. The maximum atomic E-state index is 11.9. The molecule has 0 saturated carbocycles. The van der Waals surface area contributed by atoms with E-state index in [1.807, 2.05) is 13.8 Å². The van der Waals surface area contributed by atoms with Crippen LogP contribution in [0.15, 0.2) is 0 Å². The van der Waals surface area contributed by atoms with E-state index in [4.69, 9.17) is 4.74 Å². The first-order chi connectivity index (χ1) is 8.46. The summed E-state index contributed by atoms with van der Waals surface area (Å²) in [6.45, 7) is 8.13. The smallest absolute Gasteiger partial charge is 0.320 e. The molecule has 5 heteroatoms. The molecule has 0 aliphatic rings. The Hall–Kier alpha value is -1.10. The maximum Gasteiger partial charge on any atom is 0.320 e. The van der Waals surface area contributed by atoms with E-state index in [-0.39, 0.29) is 30.5 Å². The number of hydrogen-bond acceptors (Lipinski definition) is 4. The van der Waals surface area contributed by atoms with Crippen LogP contribution in [0.2, 0.25) is 0 Å². The van der Waals surface area contributed by atoms with Gasteiger partial charge in [-0.25, -0.2) is 0 Å². The van der Waals surface area contributed by atoms with Crippen LogP contribution in [0.4, 0.5) is 0 Å². The first-order valence-electron chi connectivity index (χ1n) is 6.62. The second-order valence-corrected chi connectivity index (χ2v) is 4.42. The van der Waals surface area contributed by atoms with E-state index in [2.05, 4.69) is 5.32 Å². The van der Waals surface area contributed by atoms with Gasteiger partial charge < -0.3 is 10.1 Å². The molecule has 0 rings (SSSR count). The zero-order valence-corrected chi connectivity index (χ0v) is 12.2. The van der Waals surface area contributed by atoms with E-state index < -0.39 is 0 Å². The number of hydrogen-bond donors (Lipinski definition) is 1. The van der Waals surface area contributed by atoms with Gasteiger partial charge in [-0.1, -0.05) is 13.8 Å². The van der Waals surface area contributed by atoms with Gasteiger partial charge in [-0.15, -0.1) is 0 Å². The Morgan fingerprint density at radius 3 is 2.22 bits per heavy atom. The van der Waals surface area contributed by atoms with Gasteiger partial charge in [0.15, 0.2) is 0 Å². The lowest BCUT2D eigenvalue weighted by molar-refractivity contribution is -0.145. The molecule has 0 spiro atoms. The minimum atomic E-state index is -0.338. The van der Waals surface area contributed by atoms with Crippen LogP contribution in [0.1, 0.15) is 40.5 Å². The second kappa shape index (κ2) is 8.91. The average Bonchev–Trinajstić information content (AvgIpc) is 2.34. The molecule has 0 aromatic rings. The Balaban J connectivity index is 4.23. The van der Waals surface area contributed by atoms with Crippen molar-refractivity contribution < 1.29 is 14.3 Å². The van der Waals surface area contributed by atoms with Gasteiger partial charge in [-0.05, 0) is 33.7 Å². The Labute approximate surface area is 110 Å². The number of likely N-dealkylation sites (N-methyl/N-ethyl adjacent to an activating group) is 1. The Morgan fingerprint density at radius 2 is 1.78 bits per heavy atom. The molecule has 0 heterocycles. The van der Waals surface area contributed by atoms with E-state index >= 15 is 0 Å². The van der Waals surface area contributed by atoms with Crippen molar-refractivity contribution in [2.24, 2.45) is 0 Å².